The number of ether oxygens (including phenoxy) is 2. The fourth-order valence-electron chi connectivity index (χ4n) is 5.11. The molecular formula is C28H30Cl2N2O7. The molecule has 1 aliphatic heterocycles. The minimum absolute atomic E-state index is 0.00788. The molecular weight excluding hydrogens is 547 g/mol. The van der Waals surface area contributed by atoms with Gasteiger partial charge in [-0.05, 0) is 42.3 Å². The van der Waals surface area contributed by atoms with Gasteiger partial charge in [0.25, 0.3) is 0 Å². The minimum atomic E-state index is -1.23. The van der Waals surface area contributed by atoms with Crippen molar-refractivity contribution in [1.29, 1.82) is 0 Å². The van der Waals surface area contributed by atoms with Crippen molar-refractivity contribution in [2.45, 2.75) is 50.5 Å². The van der Waals surface area contributed by atoms with Gasteiger partial charge >= 0.3 is 0 Å². The summed E-state index contributed by atoms with van der Waals surface area (Å²) in [4.78, 5) is 39.9. The molecule has 4 rings (SSSR count). The monoisotopic (exact) mass is 576 g/mol. The number of carbonyl (C=O) groups is 3. The van der Waals surface area contributed by atoms with Crippen LogP contribution in [0, 0.1) is 0 Å². The van der Waals surface area contributed by atoms with Gasteiger partial charge in [-0.2, -0.15) is 0 Å². The number of nitrogens with zero attached hydrogens (tertiary/aromatic N) is 1. The second-order valence-electron chi connectivity index (χ2n) is 9.42. The molecule has 0 bridgehead atoms. The van der Waals surface area contributed by atoms with E-state index in [-0.39, 0.29) is 43.3 Å². The zero-order chi connectivity index (χ0) is 28.3. The summed E-state index contributed by atoms with van der Waals surface area (Å²) in [6, 6.07) is 7.22. The average Bonchev–Trinajstić information content (AvgIpc) is 3.32. The van der Waals surface area contributed by atoms with Crippen LogP contribution in [0.15, 0.2) is 42.0 Å². The highest BCUT2D eigenvalue weighted by Crippen LogP contribution is 2.51. The van der Waals surface area contributed by atoms with Crippen LogP contribution >= 0.6 is 23.2 Å². The Morgan fingerprint density at radius 2 is 1.97 bits per heavy atom. The molecule has 0 saturated heterocycles. The summed E-state index contributed by atoms with van der Waals surface area (Å²) in [5.41, 5.74) is 1.77. The Hall–Kier alpha value is -3.11. The van der Waals surface area contributed by atoms with E-state index in [4.69, 9.17) is 32.7 Å². The molecule has 2 aliphatic rings. The number of rotatable bonds is 10. The van der Waals surface area contributed by atoms with Crippen LogP contribution in [-0.4, -0.2) is 71.7 Å². The van der Waals surface area contributed by atoms with Crippen LogP contribution in [0.25, 0.3) is 0 Å². The highest BCUT2D eigenvalue weighted by Gasteiger charge is 2.51. The fraction of sp³-hybridized carbons (Fsp3) is 0.393. The highest BCUT2D eigenvalue weighted by molar-refractivity contribution is 6.42. The number of nitrogens with one attached hydrogen (secondary N) is 1. The van der Waals surface area contributed by atoms with Gasteiger partial charge in [0.1, 0.15) is 18.5 Å². The first-order valence-electron chi connectivity index (χ1n) is 12.6. The molecule has 0 radical (unpaired) electrons. The fourth-order valence-corrected chi connectivity index (χ4v) is 5.43. The smallest absolute Gasteiger partial charge is 0.247 e. The first kappa shape index (κ1) is 28.9. The molecule has 2 amide bonds. The van der Waals surface area contributed by atoms with Gasteiger partial charge in [-0.3, -0.25) is 14.4 Å². The van der Waals surface area contributed by atoms with Gasteiger partial charge < -0.3 is 29.9 Å². The standard InChI is InChI=1S/C28H30Cl2N2O7/c1-3-4-23(35)32(13-15-5-6-19(29)20(30)10-15)21-12-18(28(37)31-7-8-33)24-17-9-16(14-34)11-22(38-2)26(17)39-27(24)25(21)36/h5-6,9-12,14,21,24-25,27,33,36H,3-4,7-8,13H2,1-2H3,(H,31,37)/t21-,24+,25+,27+/m1/s1. The quantitative estimate of drug-likeness (QED) is 0.370. The second kappa shape index (κ2) is 12.4. The van der Waals surface area contributed by atoms with Crippen LogP contribution in [0.2, 0.25) is 10.0 Å². The van der Waals surface area contributed by atoms with E-state index in [0.717, 1.165) is 0 Å². The van der Waals surface area contributed by atoms with Crippen molar-refractivity contribution in [2.75, 3.05) is 20.3 Å². The maximum absolute atomic E-state index is 13.4. The Labute approximate surface area is 236 Å². The number of benzene rings is 2. The van der Waals surface area contributed by atoms with Crippen molar-refractivity contribution in [3.63, 3.8) is 0 Å². The predicted molar refractivity (Wildman–Crippen MR) is 145 cm³/mol. The number of hydrogen-bond donors (Lipinski definition) is 3. The topological polar surface area (TPSA) is 125 Å². The zero-order valence-electron chi connectivity index (χ0n) is 21.5. The van der Waals surface area contributed by atoms with E-state index in [1.807, 2.05) is 6.92 Å². The summed E-state index contributed by atoms with van der Waals surface area (Å²) in [5, 5.41) is 24.3. The maximum atomic E-state index is 13.4. The van der Waals surface area contributed by atoms with Gasteiger partial charge in [0.05, 0.1) is 35.7 Å². The molecule has 2 aromatic carbocycles. The lowest BCUT2D eigenvalue weighted by atomic mass is 9.77. The minimum Gasteiger partial charge on any atom is -0.493 e. The van der Waals surface area contributed by atoms with Gasteiger partial charge in [-0.15, -0.1) is 0 Å². The number of aldehydes is 1. The lowest BCUT2D eigenvalue weighted by Gasteiger charge is -2.41. The van der Waals surface area contributed by atoms with Crippen LogP contribution in [0.4, 0.5) is 0 Å². The van der Waals surface area contributed by atoms with Crippen LogP contribution in [-0.2, 0) is 16.1 Å². The highest BCUT2D eigenvalue weighted by atomic mass is 35.5. The number of aliphatic hydroxyl groups excluding tert-OH is 2. The van der Waals surface area contributed by atoms with Crippen molar-refractivity contribution in [3.05, 3.63) is 68.7 Å². The average molecular weight is 577 g/mol. The largest absolute Gasteiger partial charge is 0.493 e. The Kier molecular flexibility index (Phi) is 9.17. The third-order valence-electron chi connectivity index (χ3n) is 6.89. The Morgan fingerprint density at radius 1 is 1.21 bits per heavy atom. The molecule has 0 saturated carbocycles. The van der Waals surface area contributed by atoms with E-state index in [2.05, 4.69) is 5.32 Å². The zero-order valence-corrected chi connectivity index (χ0v) is 23.0. The molecule has 11 heteroatoms. The van der Waals surface area contributed by atoms with Crippen molar-refractivity contribution in [3.8, 4) is 11.5 Å². The van der Waals surface area contributed by atoms with E-state index in [0.29, 0.717) is 45.2 Å². The second-order valence-corrected chi connectivity index (χ2v) is 10.2. The summed E-state index contributed by atoms with van der Waals surface area (Å²) >= 11 is 12.3. The van der Waals surface area contributed by atoms with Gasteiger partial charge in [0.2, 0.25) is 11.8 Å². The lowest BCUT2D eigenvalue weighted by molar-refractivity contribution is -0.138. The first-order valence-corrected chi connectivity index (χ1v) is 13.4. The van der Waals surface area contributed by atoms with Gasteiger partial charge in [-0.1, -0.05) is 36.2 Å². The molecule has 0 unspecified atom stereocenters. The Morgan fingerprint density at radius 3 is 2.62 bits per heavy atom. The van der Waals surface area contributed by atoms with Crippen molar-refractivity contribution < 1.29 is 34.1 Å². The number of carbonyl (C=O) groups excluding carboxylic acids is 3. The number of methoxy groups -OCH3 is 1. The number of aliphatic hydroxyl groups is 2. The molecule has 0 fully saturated rings. The van der Waals surface area contributed by atoms with Crippen LogP contribution in [0.1, 0.15) is 47.2 Å². The summed E-state index contributed by atoms with van der Waals surface area (Å²) in [7, 11) is 1.43. The van der Waals surface area contributed by atoms with E-state index in [1.165, 1.54) is 18.1 Å². The molecule has 2 aromatic rings. The number of amides is 2. The van der Waals surface area contributed by atoms with Crippen molar-refractivity contribution in [1.82, 2.24) is 10.2 Å². The molecule has 3 N–H and O–H groups in total. The number of halogens is 2. The van der Waals surface area contributed by atoms with Crippen molar-refractivity contribution in [2.24, 2.45) is 0 Å². The van der Waals surface area contributed by atoms with Crippen LogP contribution in [0.3, 0.4) is 0 Å². The van der Waals surface area contributed by atoms with Gasteiger partial charge in [0, 0.05) is 36.2 Å². The van der Waals surface area contributed by atoms with Crippen LogP contribution in [0.5, 0.6) is 11.5 Å². The third kappa shape index (κ3) is 5.77. The molecule has 4 atom stereocenters. The summed E-state index contributed by atoms with van der Waals surface area (Å²) in [6.45, 7) is 1.71. The predicted octanol–water partition coefficient (Wildman–Crippen LogP) is 3.27. The molecule has 0 spiro atoms. The third-order valence-corrected chi connectivity index (χ3v) is 7.63. The lowest BCUT2D eigenvalue weighted by Crippen LogP contribution is -2.55. The summed E-state index contributed by atoms with van der Waals surface area (Å²) < 4.78 is 11.6. The van der Waals surface area contributed by atoms with E-state index >= 15 is 0 Å². The van der Waals surface area contributed by atoms with Gasteiger partial charge in [-0.25, -0.2) is 0 Å². The summed E-state index contributed by atoms with van der Waals surface area (Å²) in [6.07, 6.45) is 0.844. The number of fused-ring (bicyclic) bond motifs is 3. The SMILES string of the molecule is CCCC(=O)N(Cc1ccc(Cl)c(Cl)c1)[C@@H]1C=C(C(=O)NCCO)[C@@H]2c3cc(C=O)cc(OC)c3O[C@@H]2[C@H]1O. The normalized spacial score (nSPS) is 21.2. The maximum Gasteiger partial charge on any atom is 0.247 e. The molecule has 1 aliphatic carbocycles. The van der Waals surface area contributed by atoms with E-state index < -0.39 is 30.1 Å². The van der Waals surface area contributed by atoms with E-state index in [1.54, 1.807) is 30.3 Å². The Bertz CT molecular complexity index is 1300. The summed E-state index contributed by atoms with van der Waals surface area (Å²) in [5.74, 6) is -0.854. The van der Waals surface area contributed by atoms with E-state index in [9.17, 15) is 24.6 Å². The molecule has 39 heavy (non-hydrogen) atoms. The van der Waals surface area contributed by atoms with Crippen LogP contribution < -0.4 is 14.8 Å². The number of hydrogen-bond acceptors (Lipinski definition) is 7. The van der Waals surface area contributed by atoms with Gasteiger partial charge in [0.15, 0.2) is 11.5 Å². The molecule has 1 heterocycles. The Balaban J connectivity index is 1.82. The molecule has 208 valence electrons. The van der Waals surface area contributed by atoms with Crippen molar-refractivity contribution >= 4 is 41.3 Å². The molecule has 0 aromatic heterocycles. The first-order chi connectivity index (χ1) is 18.7. The molecule has 9 nitrogen and oxygen atoms in total.